The van der Waals surface area contributed by atoms with Crippen LogP contribution in [0.25, 0.3) is 6.08 Å². The van der Waals surface area contributed by atoms with E-state index in [9.17, 15) is 4.79 Å². The van der Waals surface area contributed by atoms with Crippen LogP contribution in [0.5, 0.6) is 11.5 Å². The number of carbonyl (C=O) groups is 1. The van der Waals surface area contributed by atoms with Gasteiger partial charge in [0.25, 0.3) is 0 Å². The number of ether oxygens (including phenoxy) is 2. The topological polar surface area (TPSA) is 55.8 Å². The van der Waals surface area contributed by atoms with E-state index in [4.69, 9.17) is 14.6 Å². The van der Waals surface area contributed by atoms with Crippen LogP contribution in [0, 0.1) is 0 Å². The Balaban J connectivity index is 2.29. The van der Waals surface area contributed by atoms with Gasteiger partial charge < -0.3 is 14.6 Å². The molecule has 0 amide bonds. The minimum atomic E-state index is -0.968. The Morgan fingerprint density at radius 2 is 2.39 bits per heavy atom. The Bertz CT molecular complexity index is 515. The Morgan fingerprint density at radius 3 is 3.11 bits per heavy atom. The van der Waals surface area contributed by atoms with Crippen LogP contribution in [-0.4, -0.2) is 24.3 Å². The number of fused-ring (bicyclic) bond motifs is 1. The Labute approximate surface area is 105 Å². The van der Waals surface area contributed by atoms with Gasteiger partial charge in [0.1, 0.15) is 6.61 Å². The van der Waals surface area contributed by atoms with Crippen molar-refractivity contribution in [2.24, 2.45) is 0 Å². The molecule has 0 aromatic heterocycles. The lowest BCUT2D eigenvalue weighted by Crippen LogP contribution is -2.08. The molecule has 4 heteroatoms. The van der Waals surface area contributed by atoms with Crippen LogP contribution >= 0.6 is 0 Å². The summed E-state index contributed by atoms with van der Waals surface area (Å²) < 4.78 is 11.1. The summed E-state index contributed by atoms with van der Waals surface area (Å²) in [6.07, 6.45) is 4.55. The maximum atomic E-state index is 10.5. The molecule has 94 valence electrons. The largest absolute Gasteiger partial charge is 0.490 e. The molecule has 1 aliphatic rings. The summed E-state index contributed by atoms with van der Waals surface area (Å²) in [5, 5.41) is 8.58. The SMILES string of the molecule is CCOc1cccc2c1OCC(C=CC(=O)O)=C2. The van der Waals surface area contributed by atoms with Crippen LogP contribution in [0.15, 0.2) is 35.9 Å². The lowest BCUT2D eigenvalue weighted by molar-refractivity contribution is -0.131. The zero-order valence-corrected chi connectivity index (χ0v) is 10.1. The van der Waals surface area contributed by atoms with Crippen LogP contribution in [0.3, 0.4) is 0 Å². The molecule has 1 N–H and O–H groups in total. The molecule has 0 unspecified atom stereocenters. The number of hydrogen-bond acceptors (Lipinski definition) is 3. The van der Waals surface area contributed by atoms with Crippen molar-refractivity contribution in [1.82, 2.24) is 0 Å². The van der Waals surface area contributed by atoms with Gasteiger partial charge in [-0.25, -0.2) is 4.79 Å². The van der Waals surface area contributed by atoms with Crippen molar-refractivity contribution in [3.05, 3.63) is 41.5 Å². The van der Waals surface area contributed by atoms with Crippen molar-refractivity contribution in [2.75, 3.05) is 13.2 Å². The van der Waals surface area contributed by atoms with Gasteiger partial charge >= 0.3 is 5.97 Å². The molecule has 0 saturated carbocycles. The molecule has 0 atom stereocenters. The fourth-order valence-electron chi connectivity index (χ4n) is 1.74. The summed E-state index contributed by atoms with van der Waals surface area (Å²) in [7, 11) is 0. The fourth-order valence-corrected chi connectivity index (χ4v) is 1.74. The van der Waals surface area contributed by atoms with E-state index in [1.807, 2.05) is 31.2 Å². The van der Waals surface area contributed by atoms with E-state index in [-0.39, 0.29) is 0 Å². The van der Waals surface area contributed by atoms with E-state index in [0.717, 1.165) is 17.2 Å². The molecule has 0 radical (unpaired) electrons. The number of carboxylic acids is 1. The highest BCUT2D eigenvalue weighted by molar-refractivity contribution is 5.81. The predicted octanol–water partition coefficient (Wildman–Crippen LogP) is 2.50. The molecule has 0 aliphatic carbocycles. The van der Waals surface area contributed by atoms with Crippen LogP contribution in [0.1, 0.15) is 12.5 Å². The van der Waals surface area contributed by atoms with Crippen molar-refractivity contribution in [1.29, 1.82) is 0 Å². The van der Waals surface area contributed by atoms with E-state index < -0.39 is 5.97 Å². The highest BCUT2D eigenvalue weighted by Crippen LogP contribution is 2.35. The van der Waals surface area contributed by atoms with Crippen molar-refractivity contribution < 1.29 is 19.4 Å². The zero-order chi connectivity index (χ0) is 13.0. The van der Waals surface area contributed by atoms with Crippen molar-refractivity contribution in [2.45, 2.75) is 6.92 Å². The summed E-state index contributed by atoms with van der Waals surface area (Å²) in [5.41, 5.74) is 1.72. The molecule has 1 aromatic rings. The molecule has 1 aromatic carbocycles. The summed E-state index contributed by atoms with van der Waals surface area (Å²) >= 11 is 0. The Morgan fingerprint density at radius 1 is 1.56 bits per heavy atom. The second-order valence-corrected chi connectivity index (χ2v) is 3.79. The van der Waals surface area contributed by atoms with E-state index in [1.165, 1.54) is 0 Å². The van der Waals surface area contributed by atoms with E-state index in [0.29, 0.717) is 24.7 Å². The van der Waals surface area contributed by atoms with E-state index >= 15 is 0 Å². The quantitative estimate of drug-likeness (QED) is 0.829. The molecule has 0 fully saturated rings. The summed E-state index contributed by atoms with van der Waals surface area (Å²) in [6.45, 7) is 2.84. The fraction of sp³-hybridized carbons (Fsp3) is 0.214. The Hall–Kier alpha value is -2.23. The maximum absolute atomic E-state index is 10.5. The van der Waals surface area contributed by atoms with E-state index in [1.54, 1.807) is 6.08 Å². The second-order valence-electron chi connectivity index (χ2n) is 3.79. The number of rotatable bonds is 4. The number of carboxylic acid groups (broad SMARTS) is 1. The Kier molecular flexibility index (Phi) is 3.67. The average Bonchev–Trinajstić information content (AvgIpc) is 2.37. The molecule has 18 heavy (non-hydrogen) atoms. The number of para-hydroxylation sites is 1. The molecule has 2 rings (SSSR count). The third-order valence-electron chi connectivity index (χ3n) is 2.47. The van der Waals surface area contributed by atoms with Crippen LogP contribution < -0.4 is 9.47 Å². The summed E-state index contributed by atoms with van der Waals surface area (Å²) in [5.74, 6) is 0.462. The molecule has 0 saturated heterocycles. The third kappa shape index (κ3) is 2.71. The summed E-state index contributed by atoms with van der Waals surface area (Å²) in [4.78, 5) is 10.5. The van der Waals surface area contributed by atoms with Gasteiger partial charge in [0.2, 0.25) is 0 Å². The molecule has 0 spiro atoms. The van der Waals surface area contributed by atoms with Gasteiger partial charge in [0.15, 0.2) is 11.5 Å². The molecular weight excluding hydrogens is 232 g/mol. The number of benzene rings is 1. The second kappa shape index (κ2) is 5.40. The van der Waals surface area contributed by atoms with Gasteiger partial charge in [0.05, 0.1) is 6.61 Å². The zero-order valence-electron chi connectivity index (χ0n) is 10.1. The van der Waals surface area contributed by atoms with E-state index in [2.05, 4.69) is 0 Å². The number of aliphatic carboxylic acids is 1. The third-order valence-corrected chi connectivity index (χ3v) is 2.47. The highest BCUT2D eigenvalue weighted by Gasteiger charge is 2.14. The molecule has 1 heterocycles. The van der Waals surface area contributed by atoms with Gasteiger partial charge in [-0.15, -0.1) is 0 Å². The van der Waals surface area contributed by atoms with Gasteiger partial charge in [-0.1, -0.05) is 12.1 Å². The first kappa shape index (κ1) is 12.2. The van der Waals surface area contributed by atoms with Gasteiger partial charge in [-0.05, 0) is 30.7 Å². The van der Waals surface area contributed by atoms with Crippen molar-refractivity contribution in [3.63, 3.8) is 0 Å². The highest BCUT2D eigenvalue weighted by atomic mass is 16.5. The minimum absolute atomic E-state index is 0.348. The normalized spacial score (nSPS) is 13.7. The molecule has 4 nitrogen and oxygen atoms in total. The first-order valence-electron chi connectivity index (χ1n) is 5.71. The summed E-state index contributed by atoms with van der Waals surface area (Å²) in [6, 6.07) is 5.65. The first-order valence-corrected chi connectivity index (χ1v) is 5.71. The van der Waals surface area contributed by atoms with Gasteiger partial charge in [-0.2, -0.15) is 0 Å². The van der Waals surface area contributed by atoms with Crippen LogP contribution in [-0.2, 0) is 4.79 Å². The van der Waals surface area contributed by atoms with Crippen molar-refractivity contribution >= 4 is 12.0 Å². The van der Waals surface area contributed by atoms with Gasteiger partial charge in [0, 0.05) is 11.6 Å². The van der Waals surface area contributed by atoms with Crippen LogP contribution in [0.4, 0.5) is 0 Å². The monoisotopic (exact) mass is 246 g/mol. The maximum Gasteiger partial charge on any atom is 0.328 e. The van der Waals surface area contributed by atoms with Crippen molar-refractivity contribution in [3.8, 4) is 11.5 Å². The lowest BCUT2D eigenvalue weighted by Gasteiger charge is -2.19. The average molecular weight is 246 g/mol. The van der Waals surface area contributed by atoms with Crippen LogP contribution in [0.2, 0.25) is 0 Å². The first-order chi connectivity index (χ1) is 8.70. The standard InChI is InChI=1S/C14H14O4/c1-2-17-12-5-3-4-11-8-10(6-7-13(15)16)9-18-14(11)12/h3-8H,2,9H2,1H3,(H,15,16). The molecule has 1 aliphatic heterocycles. The predicted molar refractivity (Wildman–Crippen MR) is 67.9 cm³/mol. The lowest BCUT2D eigenvalue weighted by atomic mass is 10.1. The molecule has 0 bridgehead atoms. The van der Waals surface area contributed by atoms with Gasteiger partial charge in [-0.3, -0.25) is 0 Å². The smallest absolute Gasteiger partial charge is 0.328 e. The molecular formula is C14H14O4. The minimum Gasteiger partial charge on any atom is -0.490 e. The number of hydrogen-bond donors (Lipinski definition) is 1.